The van der Waals surface area contributed by atoms with Crippen LogP contribution in [0.3, 0.4) is 0 Å². The van der Waals surface area contributed by atoms with Crippen molar-refractivity contribution in [1.82, 2.24) is 9.80 Å². The molecule has 0 bridgehead atoms. The molecule has 0 aliphatic carbocycles. The van der Waals surface area contributed by atoms with Crippen LogP contribution in [0.5, 0.6) is 0 Å². The van der Waals surface area contributed by atoms with Crippen LogP contribution in [0, 0.1) is 0 Å². The zero-order valence-electron chi connectivity index (χ0n) is 10.6. The standard InChI is InChI=1S/C12H27N3O/c1-12(16)11-15-9-7-14(8-10-15)6-4-2-3-5-13/h12,16H,2-11,13H2,1H3. The van der Waals surface area contributed by atoms with E-state index in [2.05, 4.69) is 9.80 Å². The molecule has 1 rings (SSSR count). The number of hydrogen-bond donors (Lipinski definition) is 2. The maximum absolute atomic E-state index is 9.30. The van der Waals surface area contributed by atoms with Crippen molar-refractivity contribution in [1.29, 1.82) is 0 Å². The number of aliphatic hydroxyl groups is 1. The molecule has 1 atom stereocenters. The lowest BCUT2D eigenvalue weighted by atomic mass is 10.2. The highest BCUT2D eigenvalue weighted by Gasteiger charge is 2.16. The SMILES string of the molecule is CC(O)CN1CCN(CCCCCN)CC1. The van der Waals surface area contributed by atoms with Crippen LogP contribution in [0.15, 0.2) is 0 Å². The van der Waals surface area contributed by atoms with E-state index >= 15 is 0 Å². The van der Waals surface area contributed by atoms with Gasteiger partial charge in [0.1, 0.15) is 0 Å². The number of piperazine rings is 1. The first-order valence-electron chi connectivity index (χ1n) is 6.55. The molecule has 1 aliphatic rings. The van der Waals surface area contributed by atoms with Gasteiger partial charge in [0.2, 0.25) is 0 Å². The summed E-state index contributed by atoms with van der Waals surface area (Å²) in [5, 5.41) is 9.30. The van der Waals surface area contributed by atoms with E-state index in [1.54, 1.807) is 0 Å². The molecule has 0 amide bonds. The molecule has 0 radical (unpaired) electrons. The van der Waals surface area contributed by atoms with E-state index in [4.69, 9.17) is 5.73 Å². The maximum atomic E-state index is 9.30. The van der Waals surface area contributed by atoms with Gasteiger partial charge in [0.15, 0.2) is 0 Å². The molecule has 4 nitrogen and oxygen atoms in total. The van der Waals surface area contributed by atoms with Crippen LogP contribution in [0.25, 0.3) is 0 Å². The number of hydrogen-bond acceptors (Lipinski definition) is 4. The van der Waals surface area contributed by atoms with Gasteiger partial charge in [-0.25, -0.2) is 0 Å². The quantitative estimate of drug-likeness (QED) is 0.609. The van der Waals surface area contributed by atoms with Crippen molar-refractivity contribution in [3.8, 4) is 0 Å². The Balaban J connectivity index is 2.03. The van der Waals surface area contributed by atoms with Gasteiger partial charge in [0.05, 0.1) is 6.10 Å². The maximum Gasteiger partial charge on any atom is 0.0639 e. The van der Waals surface area contributed by atoms with E-state index in [-0.39, 0.29) is 6.10 Å². The van der Waals surface area contributed by atoms with Crippen molar-refractivity contribution in [2.24, 2.45) is 5.73 Å². The smallest absolute Gasteiger partial charge is 0.0639 e. The van der Waals surface area contributed by atoms with Gasteiger partial charge in [-0.05, 0) is 32.9 Å². The van der Waals surface area contributed by atoms with Crippen LogP contribution in [0.4, 0.5) is 0 Å². The van der Waals surface area contributed by atoms with E-state index < -0.39 is 0 Å². The van der Waals surface area contributed by atoms with Gasteiger partial charge in [-0.2, -0.15) is 0 Å². The van der Waals surface area contributed by atoms with Gasteiger partial charge in [0, 0.05) is 32.7 Å². The second-order valence-corrected chi connectivity index (χ2v) is 4.84. The van der Waals surface area contributed by atoms with Crippen LogP contribution in [-0.2, 0) is 0 Å². The summed E-state index contributed by atoms with van der Waals surface area (Å²) >= 11 is 0. The molecule has 4 heteroatoms. The summed E-state index contributed by atoms with van der Waals surface area (Å²) in [5.41, 5.74) is 5.47. The monoisotopic (exact) mass is 229 g/mol. The lowest BCUT2D eigenvalue weighted by Crippen LogP contribution is -2.48. The van der Waals surface area contributed by atoms with E-state index in [1.807, 2.05) is 6.92 Å². The molecule has 0 saturated carbocycles. The van der Waals surface area contributed by atoms with Crippen molar-refractivity contribution < 1.29 is 5.11 Å². The number of aliphatic hydroxyl groups excluding tert-OH is 1. The Hall–Kier alpha value is -0.160. The number of rotatable bonds is 7. The van der Waals surface area contributed by atoms with Crippen LogP contribution >= 0.6 is 0 Å². The molecule has 1 aliphatic heterocycles. The number of nitrogens with two attached hydrogens (primary N) is 1. The first kappa shape index (κ1) is 13.9. The molecule has 1 unspecified atom stereocenters. The Morgan fingerprint density at radius 2 is 1.69 bits per heavy atom. The third-order valence-electron chi connectivity index (χ3n) is 3.17. The van der Waals surface area contributed by atoms with E-state index in [1.165, 1.54) is 19.4 Å². The van der Waals surface area contributed by atoms with Crippen LogP contribution < -0.4 is 5.73 Å². The molecule has 3 N–H and O–H groups in total. The second-order valence-electron chi connectivity index (χ2n) is 4.84. The first-order chi connectivity index (χ1) is 7.72. The van der Waals surface area contributed by atoms with Gasteiger partial charge in [-0.3, -0.25) is 4.90 Å². The fourth-order valence-corrected chi connectivity index (χ4v) is 2.23. The van der Waals surface area contributed by atoms with E-state index in [0.29, 0.717) is 0 Å². The average Bonchev–Trinajstić information content (AvgIpc) is 2.26. The van der Waals surface area contributed by atoms with Crippen LogP contribution in [0.2, 0.25) is 0 Å². The largest absolute Gasteiger partial charge is 0.392 e. The summed E-state index contributed by atoms with van der Waals surface area (Å²) in [6.45, 7) is 9.21. The number of β-amino-alcohol motifs (C(OH)–C–C–N with tert-alkyl or cyclic N) is 1. The average molecular weight is 229 g/mol. The third-order valence-corrected chi connectivity index (χ3v) is 3.17. The third kappa shape index (κ3) is 5.80. The highest BCUT2D eigenvalue weighted by molar-refractivity contribution is 4.73. The molecule has 0 aromatic rings. The Labute approximate surface area is 99.4 Å². The molecular weight excluding hydrogens is 202 g/mol. The highest BCUT2D eigenvalue weighted by Crippen LogP contribution is 2.05. The van der Waals surface area contributed by atoms with E-state index in [9.17, 15) is 5.11 Å². The van der Waals surface area contributed by atoms with Crippen molar-refractivity contribution in [3.63, 3.8) is 0 Å². The molecular formula is C12H27N3O. The summed E-state index contributed by atoms with van der Waals surface area (Å²) < 4.78 is 0. The Morgan fingerprint density at radius 3 is 2.25 bits per heavy atom. The Morgan fingerprint density at radius 1 is 1.06 bits per heavy atom. The first-order valence-corrected chi connectivity index (χ1v) is 6.55. The lowest BCUT2D eigenvalue weighted by Gasteiger charge is -2.35. The minimum absolute atomic E-state index is 0.198. The number of nitrogens with zero attached hydrogens (tertiary/aromatic N) is 2. The predicted molar refractivity (Wildman–Crippen MR) is 67.5 cm³/mol. The van der Waals surface area contributed by atoms with Gasteiger partial charge in [0.25, 0.3) is 0 Å². The molecule has 1 saturated heterocycles. The topological polar surface area (TPSA) is 52.7 Å². The fraction of sp³-hybridized carbons (Fsp3) is 1.00. The lowest BCUT2D eigenvalue weighted by molar-refractivity contribution is 0.0802. The normalized spacial score (nSPS) is 21.2. The fourth-order valence-electron chi connectivity index (χ4n) is 2.23. The van der Waals surface area contributed by atoms with Crippen LogP contribution in [0.1, 0.15) is 26.2 Å². The van der Waals surface area contributed by atoms with Gasteiger partial charge in [-0.1, -0.05) is 6.42 Å². The predicted octanol–water partition coefficient (Wildman–Crippen LogP) is 0.114. The van der Waals surface area contributed by atoms with Gasteiger partial charge >= 0.3 is 0 Å². The van der Waals surface area contributed by atoms with Crippen molar-refractivity contribution in [3.05, 3.63) is 0 Å². The molecule has 0 aromatic heterocycles. The molecule has 0 aromatic carbocycles. The summed E-state index contributed by atoms with van der Waals surface area (Å²) in [5.74, 6) is 0. The molecule has 1 fully saturated rings. The molecule has 1 heterocycles. The van der Waals surface area contributed by atoms with E-state index in [0.717, 1.165) is 45.7 Å². The summed E-state index contributed by atoms with van der Waals surface area (Å²) in [4.78, 5) is 4.87. The Bertz CT molecular complexity index is 168. The number of unbranched alkanes of at least 4 members (excludes halogenated alkanes) is 2. The summed E-state index contributed by atoms with van der Waals surface area (Å²) in [7, 11) is 0. The minimum atomic E-state index is -0.198. The zero-order chi connectivity index (χ0) is 11.8. The second kappa shape index (κ2) is 8.01. The highest BCUT2D eigenvalue weighted by atomic mass is 16.3. The van der Waals surface area contributed by atoms with Crippen molar-refractivity contribution >= 4 is 0 Å². The van der Waals surface area contributed by atoms with Gasteiger partial charge in [-0.15, -0.1) is 0 Å². The van der Waals surface area contributed by atoms with Gasteiger partial charge < -0.3 is 15.7 Å². The van der Waals surface area contributed by atoms with Crippen molar-refractivity contribution in [2.75, 3.05) is 45.8 Å². The minimum Gasteiger partial charge on any atom is -0.392 e. The van der Waals surface area contributed by atoms with Crippen molar-refractivity contribution in [2.45, 2.75) is 32.3 Å². The van der Waals surface area contributed by atoms with Crippen LogP contribution in [-0.4, -0.2) is 66.8 Å². The molecule has 16 heavy (non-hydrogen) atoms. The Kier molecular flexibility index (Phi) is 6.96. The molecule has 96 valence electrons. The molecule has 0 spiro atoms. The summed E-state index contributed by atoms with van der Waals surface area (Å²) in [6, 6.07) is 0. The zero-order valence-corrected chi connectivity index (χ0v) is 10.6. The summed E-state index contributed by atoms with van der Waals surface area (Å²) in [6.07, 6.45) is 3.48.